The molecule has 1 heterocycles. The summed E-state index contributed by atoms with van der Waals surface area (Å²) in [6, 6.07) is 3.54. The molecule has 4 nitrogen and oxygen atoms in total. The number of ether oxygens (including phenoxy) is 1. The largest absolute Gasteiger partial charge is 0.491 e. The fourth-order valence-corrected chi connectivity index (χ4v) is 2.32. The minimum atomic E-state index is -0.857. The van der Waals surface area contributed by atoms with Crippen molar-refractivity contribution in [1.82, 2.24) is 10.3 Å². The fraction of sp³-hybridized carbons (Fsp3) is 0.143. The van der Waals surface area contributed by atoms with Gasteiger partial charge in [-0.15, -0.1) is 0 Å². The molecule has 1 amide bonds. The Hall–Kier alpha value is -1.92. The number of hydrogen-bond acceptors (Lipinski definition) is 3. The minimum Gasteiger partial charge on any atom is -0.491 e. The van der Waals surface area contributed by atoms with E-state index >= 15 is 0 Å². The number of rotatable bonds is 4. The first-order valence-electron chi connectivity index (χ1n) is 6.04. The van der Waals surface area contributed by atoms with Crippen LogP contribution >= 0.6 is 23.2 Å². The molecule has 1 N–H and O–H groups in total. The maximum absolute atomic E-state index is 13.6. The highest BCUT2D eigenvalue weighted by Gasteiger charge is 2.16. The Morgan fingerprint density at radius 3 is 2.50 bits per heavy atom. The van der Waals surface area contributed by atoms with E-state index in [1.165, 1.54) is 12.3 Å². The molecular weight excluding hydrogens is 337 g/mol. The summed E-state index contributed by atoms with van der Waals surface area (Å²) >= 11 is 11.7. The third-order valence-electron chi connectivity index (χ3n) is 2.80. The summed E-state index contributed by atoms with van der Waals surface area (Å²) in [7, 11) is 1.16. The molecule has 0 spiro atoms. The number of aromatic nitrogens is 1. The van der Waals surface area contributed by atoms with Gasteiger partial charge < -0.3 is 10.1 Å². The number of pyridine rings is 1. The molecule has 116 valence electrons. The molecule has 2 rings (SSSR count). The number of benzene rings is 1. The number of amides is 1. The van der Waals surface area contributed by atoms with Gasteiger partial charge in [-0.25, -0.2) is 13.8 Å². The summed E-state index contributed by atoms with van der Waals surface area (Å²) in [5.41, 5.74) is 0.223. The van der Waals surface area contributed by atoms with E-state index in [1.807, 2.05) is 0 Å². The van der Waals surface area contributed by atoms with E-state index in [9.17, 15) is 13.6 Å². The lowest BCUT2D eigenvalue weighted by molar-refractivity contribution is 0.0950. The zero-order valence-corrected chi connectivity index (χ0v) is 12.8. The molecule has 0 aliphatic carbocycles. The minimum absolute atomic E-state index is 0.000267. The van der Waals surface area contributed by atoms with E-state index in [-0.39, 0.29) is 27.8 Å². The van der Waals surface area contributed by atoms with Crippen molar-refractivity contribution in [2.75, 3.05) is 7.11 Å². The van der Waals surface area contributed by atoms with E-state index in [0.717, 1.165) is 19.2 Å². The summed E-state index contributed by atoms with van der Waals surface area (Å²) in [4.78, 5) is 15.8. The number of halogens is 4. The normalized spacial score (nSPS) is 10.4. The second-order valence-electron chi connectivity index (χ2n) is 4.23. The van der Waals surface area contributed by atoms with Crippen molar-refractivity contribution in [2.45, 2.75) is 6.54 Å². The molecule has 0 radical (unpaired) electrons. The molecule has 0 fully saturated rings. The molecule has 2 aromatic rings. The van der Waals surface area contributed by atoms with Gasteiger partial charge in [-0.05, 0) is 23.8 Å². The quantitative estimate of drug-likeness (QED) is 0.860. The van der Waals surface area contributed by atoms with Crippen LogP contribution in [0.5, 0.6) is 5.75 Å². The first-order chi connectivity index (χ1) is 10.4. The number of carbonyl (C=O) groups is 1. The Balaban J connectivity index is 2.15. The maximum Gasteiger partial charge on any atom is 0.256 e. The van der Waals surface area contributed by atoms with Gasteiger partial charge in [0.05, 0.1) is 17.7 Å². The standard InChI is InChI=1S/C14H10Cl2F2N2O2/c1-22-12-9(17)4-7(5-10(12)18)6-20-14(21)11-8(15)2-3-19-13(11)16/h2-5H,6H2,1H3,(H,20,21). The molecule has 0 aliphatic rings. The Kier molecular flexibility index (Phi) is 5.15. The van der Waals surface area contributed by atoms with Gasteiger partial charge in [0.25, 0.3) is 5.91 Å². The van der Waals surface area contributed by atoms with Crippen molar-refractivity contribution >= 4 is 29.1 Å². The Labute approximate surface area is 135 Å². The highest BCUT2D eigenvalue weighted by atomic mass is 35.5. The maximum atomic E-state index is 13.6. The predicted molar refractivity (Wildman–Crippen MR) is 78.3 cm³/mol. The molecule has 0 aliphatic heterocycles. The van der Waals surface area contributed by atoms with Gasteiger partial charge in [-0.2, -0.15) is 0 Å². The van der Waals surface area contributed by atoms with Crippen LogP contribution in [-0.2, 0) is 6.54 Å². The topological polar surface area (TPSA) is 51.2 Å². The van der Waals surface area contributed by atoms with E-state index in [2.05, 4.69) is 15.0 Å². The molecule has 0 saturated heterocycles. The molecule has 0 unspecified atom stereocenters. The third-order valence-corrected chi connectivity index (χ3v) is 3.40. The Morgan fingerprint density at radius 1 is 1.32 bits per heavy atom. The van der Waals surface area contributed by atoms with Crippen LogP contribution in [0, 0.1) is 11.6 Å². The van der Waals surface area contributed by atoms with Crippen LogP contribution in [0.2, 0.25) is 10.2 Å². The second-order valence-corrected chi connectivity index (χ2v) is 5.00. The van der Waals surface area contributed by atoms with Crippen molar-refractivity contribution in [3.8, 4) is 5.75 Å². The zero-order chi connectivity index (χ0) is 16.3. The van der Waals surface area contributed by atoms with Gasteiger partial charge in [0.15, 0.2) is 17.4 Å². The average Bonchev–Trinajstić information content (AvgIpc) is 2.44. The molecular formula is C14H10Cl2F2N2O2. The number of carbonyl (C=O) groups excluding carboxylic acids is 1. The first kappa shape index (κ1) is 16.5. The van der Waals surface area contributed by atoms with Crippen LogP contribution < -0.4 is 10.1 Å². The van der Waals surface area contributed by atoms with Crippen molar-refractivity contribution in [2.24, 2.45) is 0 Å². The van der Waals surface area contributed by atoms with Gasteiger partial charge >= 0.3 is 0 Å². The molecule has 22 heavy (non-hydrogen) atoms. The van der Waals surface area contributed by atoms with E-state index in [0.29, 0.717) is 0 Å². The van der Waals surface area contributed by atoms with Crippen molar-refractivity contribution in [3.05, 3.63) is 57.3 Å². The second kappa shape index (κ2) is 6.89. The van der Waals surface area contributed by atoms with Crippen LogP contribution in [0.3, 0.4) is 0 Å². The van der Waals surface area contributed by atoms with Crippen LogP contribution in [0.4, 0.5) is 8.78 Å². The fourth-order valence-electron chi connectivity index (χ4n) is 1.80. The molecule has 0 bridgehead atoms. The monoisotopic (exact) mass is 346 g/mol. The van der Waals surface area contributed by atoms with Crippen molar-refractivity contribution in [3.63, 3.8) is 0 Å². The summed E-state index contributed by atoms with van der Waals surface area (Å²) in [6.07, 6.45) is 1.36. The van der Waals surface area contributed by atoms with Gasteiger partial charge in [0.1, 0.15) is 5.15 Å². The number of nitrogens with zero attached hydrogens (tertiary/aromatic N) is 1. The lowest BCUT2D eigenvalue weighted by Crippen LogP contribution is -2.24. The van der Waals surface area contributed by atoms with Crippen LogP contribution in [0.25, 0.3) is 0 Å². The smallest absolute Gasteiger partial charge is 0.256 e. The molecule has 8 heteroatoms. The highest BCUT2D eigenvalue weighted by molar-refractivity contribution is 6.38. The van der Waals surface area contributed by atoms with Gasteiger partial charge in [-0.3, -0.25) is 4.79 Å². The summed E-state index contributed by atoms with van der Waals surface area (Å²) < 4.78 is 31.7. The molecule has 1 aromatic carbocycles. The zero-order valence-electron chi connectivity index (χ0n) is 11.3. The molecule has 0 atom stereocenters. The lowest BCUT2D eigenvalue weighted by atomic mass is 10.2. The predicted octanol–water partition coefficient (Wildman–Crippen LogP) is 3.61. The molecule has 0 saturated carbocycles. The number of methoxy groups -OCH3 is 1. The van der Waals surface area contributed by atoms with Crippen LogP contribution in [0.15, 0.2) is 24.4 Å². The van der Waals surface area contributed by atoms with Gasteiger partial charge in [-0.1, -0.05) is 23.2 Å². The van der Waals surface area contributed by atoms with E-state index < -0.39 is 23.3 Å². The summed E-state index contributed by atoms with van der Waals surface area (Å²) in [5, 5.41) is 2.54. The molecule has 1 aromatic heterocycles. The van der Waals surface area contributed by atoms with Crippen LogP contribution in [0.1, 0.15) is 15.9 Å². The third kappa shape index (κ3) is 3.45. The summed E-state index contributed by atoms with van der Waals surface area (Å²) in [6.45, 7) is -0.113. The average molecular weight is 347 g/mol. The first-order valence-corrected chi connectivity index (χ1v) is 6.79. The van der Waals surface area contributed by atoms with E-state index in [1.54, 1.807) is 0 Å². The Morgan fingerprint density at radius 2 is 1.95 bits per heavy atom. The number of hydrogen-bond donors (Lipinski definition) is 1. The lowest BCUT2D eigenvalue weighted by Gasteiger charge is -2.09. The Bertz CT molecular complexity index is 683. The van der Waals surface area contributed by atoms with E-state index in [4.69, 9.17) is 23.2 Å². The van der Waals surface area contributed by atoms with Crippen molar-refractivity contribution < 1.29 is 18.3 Å². The van der Waals surface area contributed by atoms with Gasteiger partial charge in [0, 0.05) is 12.7 Å². The highest BCUT2D eigenvalue weighted by Crippen LogP contribution is 2.24. The summed E-state index contributed by atoms with van der Waals surface area (Å²) in [5.74, 6) is -2.79. The SMILES string of the molecule is COc1c(F)cc(CNC(=O)c2c(Cl)ccnc2Cl)cc1F. The van der Waals surface area contributed by atoms with Crippen LogP contribution in [-0.4, -0.2) is 18.0 Å². The van der Waals surface area contributed by atoms with Crippen molar-refractivity contribution in [1.29, 1.82) is 0 Å². The number of nitrogens with one attached hydrogen (secondary N) is 1. The van der Waals surface area contributed by atoms with Gasteiger partial charge in [0.2, 0.25) is 0 Å².